The monoisotopic (exact) mass is 432 g/mol. The van der Waals surface area contributed by atoms with Crippen molar-refractivity contribution in [3.8, 4) is 17.0 Å². The fourth-order valence-electron chi connectivity index (χ4n) is 3.33. The third-order valence-corrected chi connectivity index (χ3v) is 6.16. The van der Waals surface area contributed by atoms with Gasteiger partial charge in [-0.15, -0.1) is 11.3 Å². The van der Waals surface area contributed by atoms with Crippen molar-refractivity contribution in [2.24, 2.45) is 0 Å². The van der Waals surface area contributed by atoms with E-state index in [9.17, 15) is 4.79 Å². The van der Waals surface area contributed by atoms with Crippen molar-refractivity contribution < 1.29 is 9.53 Å². The number of carbonyl (C=O) groups excluding carboxylic acids is 1. The Kier molecular flexibility index (Phi) is 5.08. The van der Waals surface area contributed by atoms with E-state index in [2.05, 4.69) is 11.9 Å². The molecule has 4 nitrogen and oxygen atoms in total. The smallest absolute Gasteiger partial charge is 0.268 e. The summed E-state index contributed by atoms with van der Waals surface area (Å²) in [4.78, 5) is 20.4. The number of aryl methyl sites for hydroxylation is 2. The van der Waals surface area contributed by atoms with E-state index in [0.717, 1.165) is 32.4 Å². The molecule has 0 bridgehead atoms. The molecule has 0 saturated carbocycles. The highest BCUT2D eigenvalue weighted by Gasteiger charge is 2.32. The predicted molar refractivity (Wildman–Crippen MR) is 115 cm³/mol. The lowest BCUT2D eigenvalue weighted by atomic mass is 10.1. The van der Waals surface area contributed by atoms with Crippen LogP contribution in [0.25, 0.3) is 11.3 Å². The summed E-state index contributed by atoms with van der Waals surface area (Å²) in [6.45, 7) is 6.13. The molecule has 3 aromatic rings. The number of nitrogens with zero attached hydrogens (tertiary/aromatic N) is 2. The molecule has 1 aliphatic rings. The fourth-order valence-corrected chi connectivity index (χ4v) is 4.64. The number of carbonyl (C=O) groups is 1. The van der Waals surface area contributed by atoms with Gasteiger partial charge < -0.3 is 9.64 Å². The largest absolute Gasteiger partial charge is 0.479 e. The molecule has 1 atom stereocenters. The van der Waals surface area contributed by atoms with E-state index in [0.29, 0.717) is 22.3 Å². The maximum absolute atomic E-state index is 12.9. The Balaban J connectivity index is 1.78. The maximum Gasteiger partial charge on any atom is 0.268 e. The van der Waals surface area contributed by atoms with Crippen molar-refractivity contribution in [1.82, 2.24) is 4.98 Å². The highest BCUT2D eigenvalue weighted by Crippen LogP contribution is 2.40. The second kappa shape index (κ2) is 7.39. The lowest BCUT2D eigenvalue weighted by molar-refractivity contribution is -0.125. The number of fused-ring (bicyclic) bond motifs is 1. The van der Waals surface area contributed by atoms with Crippen LogP contribution in [0.5, 0.6) is 5.75 Å². The van der Waals surface area contributed by atoms with Crippen LogP contribution in [0.1, 0.15) is 22.4 Å². The summed E-state index contributed by atoms with van der Waals surface area (Å²) < 4.78 is 5.82. The van der Waals surface area contributed by atoms with Crippen LogP contribution in [0, 0.1) is 13.8 Å². The van der Waals surface area contributed by atoms with Crippen LogP contribution >= 0.6 is 34.5 Å². The minimum atomic E-state index is -0.562. The van der Waals surface area contributed by atoms with Crippen molar-refractivity contribution in [1.29, 1.82) is 0 Å². The summed E-state index contributed by atoms with van der Waals surface area (Å²) in [6.07, 6.45) is -0.562. The number of halogens is 2. The molecule has 28 heavy (non-hydrogen) atoms. The van der Waals surface area contributed by atoms with Gasteiger partial charge in [0.2, 0.25) is 0 Å². The second-order valence-electron chi connectivity index (χ2n) is 6.74. The number of thiazole rings is 1. The topological polar surface area (TPSA) is 42.4 Å². The van der Waals surface area contributed by atoms with Gasteiger partial charge in [0.05, 0.1) is 22.9 Å². The molecule has 1 aliphatic heterocycles. The van der Waals surface area contributed by atoms with Gasteiger partial charge in [-0.1, -0.05) is 29.3 Å². The third-order valence-electron chi connectivity index (χ3n) is 4.69. The molecular formula is C21H18Cl2N2O2S. The molecule has 144 valence electrons. The van der Waals surface area contributed by atoms with Crippen molar-refractivity contribution in [3.63, 3.8) is 0 Å². The maximum atomic E-state index is 12.9. The summed E-state index contributed by atoms with van der Waals surface area (Å²) in [5.41, 5.74) is 3.43. The number of ether oxygens (including phenoxy) is 1. The number of benzene rings is 2. The molecule has 7 heteroatoms. The molecule has 2 heterocycles. The highest BCUT2D eigenvalue weighted by molar-refractivity contribution is 7.11. The van der Waals surface area contributed by atoms with E-state index in [4.69, 9.17) is 27.9 Å². The van der Waals surface area contributed by atoms with Gasteiger partial charge in [0.1, 0.15) is 5.75 Å². The first-order chi connectivity index (χ1) is 13.3. The Labute approximate surface area is 177 Å². The Morgan fingerprint density at radius 2 is 1.96 bits per heavy atom. The Morgan fingerprint density at radius 3 is 2.64 bits per heavy atom. The van der Waals surface area contributed by atoms with Crippen LogP contribution in [0.15, 0.2) is 36.4 Å². The van der Waals surface area contributed by atoms with Crippen molar-refractivity contribution in [2.45, 2.75) is 33.4 Å². The zero-order chi connectivity index (χ0) is 20.0. The molecule has 0 fully saturated rings. The molecular weight excluding hydrogens is 415 g/mol. The average molecular weight is 433 g/mol. The van der Waals surface area contributed by atoms with E-state index in [1.807, 2.05) is 31.2 Å². The molecule has 0 spiro atoms. The molecule has 0 saturated heterocycles. The normalized spacial score (nSPS) is 16.1. The number of anilines is 1. The van der Waals surface area contributed by atoms with Gasteiger partial charge in [-0.3, -0.25) is 4.79 Å². The molecule has 1 unspecified atom stereocenters. The van der Waals surface area contributed by atoms with E-state index in [-0.39, 0.29) is 5.91 Å². The number of hydrogen-bond donors (Lipinski definition) is 0. The van der Waals surface area contributed by atoms with Gasteiger partial charge in [-0.25, -0.2) is 4.98 Å². The first-order valence-corrected chi connectivity index (χ1v) is 10.4. The molecule has 0 aliphatic carbocycles. The minimum absolute atomic E-state index is 0.109. The summed E-state index contributed by atoms with van der Waals surface area (Å²) in [7, 11) is 0. The van der Waals surface area contributed by atoms with Gasteiger partial charge in [-0.05, 0) is 56.7 Å². The number of amides is 1. The summed E-state index contributed by atoms with van der Waals surface area (Å²) in [5.74, 6) is 0.562. The summed E-state index contributed by atoms with van der Waals surface area (Å²) >= 11 is 14.0. The Hall–Kier alpha value is -2.08. The van der Waals surface area contributed by atoms with Gasteiger partial charge >= 0.3 is 0 Å². The first kappa shape index (κ1) is 19.2. The predicted octanol–water partition coefficient (Wildman–Crippen LogP) is 6.05. The molecule has 1 aromatic heterocycles. The van der Waals surface area contributed by atoms with Crippen LogP contribution in [0.4, 0.5) is 5.69 Å². The zero-order valence-electron chi connectivity index (χ0n) is 15.6. The van der Waals surface area contributed by atoms with Crippen molar-refractivity contribution in [3.05, 3.63) is 61.9 Å². The summed E-state index contributed by atoms with van der Waals surface area (Å²) in [5, 5.41) is 2.10. The number of rotatable bonds is 3. The van der Waals surface area contributed by atoms with Crippen LogP contribution in [-0.2, 0) is 11.3 Å². The van der Waals surface area contributed by atoms with Crippen molar-refractivity contribution >= 4 is 46.1 Å². The van der Waals surface area contributed by atoms with E-state index >= 15 is 0 Å². The first-order valence-electron chi connectivity index (χ1n) is 8.84. The van der Waals surface area contributed by atoms with Crippen molar-refractivity contribution in [2.75, 3.05) is 4.90 Å². The Bertz CT molecular complexity index is 1080. The van der Waals surface area contributed by atoms with Gasteiger partial charge in [0, 0.05) is 20.5 Å². The highest BCUT2D eigenvalue weighted by atomic mass is 35.5. The molecule has 4 rings (SSSR count). The summed E-state index contributed by atoms with van der Waals surface area (Å²) in [6, 6.07) is 11.1. The van der Waals surface area contributed by atoms with Crippen LogP contribution in [-0.4, -0.2) is 17.0 Å². The standard InChI is InChI=1S/C21H18Cl2N2O2S/c1-11-21(26)25(10-15-4-6-16(22)9-17(15)23)18-8-14(5-7-19(18)27-11)20-12(2)28-13(3)24-20/h4-9,11H,10H2,1-3H3. The molecule has 0 radical (unpaired) electrons. The van der Waals surface area contributed by atoms with Crippen LogP contribution in [0.2, 0.25) is 10.0 Å². The molecule has 2 aromatic carbocycles. The number of aromatic nitrogens is 1. The van der Waals surface area contributed by atoms with E-state index in [1.165, 1.54) is 0 Å². The molecule has 1 amide bonds. The second-order valence-corrected chi connectivity index (χ2v) is 8.99. The fraction of sp³-hybridized carbons (Fsp3) is 0.238. The van der Waals surface area contributed by atoms with Gasteiger partial charge in [0.25, 0.3) is 5.91 Å². The lowest BCUT2D eigenvalue weighted by Gasteiger charge is -2.33. The van der Waals surface area contributed by atoms with Gasteiger partial charge in [-0.2, -0.15) is 0 Å². The minimum Gasteiger partial charge on any atom is -0.479 e. The zero-order valence-corrected chi connectivity index (χ0v) is 18.0. The van der Waals surface area contributed by atoms with Gasteiger partial charge in [0.15, 0.2) is 6.10 Å². The number of hydrogen-bond acceptors (Lipinski definition) is 4. The lowest BCUT2D eigenvalue weighted by Crippen LogP contribution is -2.44. The molecule has 0 N–H and O–H groups in total. The van der Waals surface area contributed by atoms with E-state index in [1.54, 1.807) is 35.3 Å². The van der Waals surface area contributed by atoms with Crippen LogP contribution in [0.3, 0.4) is 0 Å². The SMILES string of the molecule is Cc1nc(-c2ccc3c(c2)N(Cc2ccc(Cl)cc2Cl)C(=O)C(C)O3)c(C)s1. The average Bonchev–Trinajstić information content (AvgIpc) is 2.98. The Morgan fingerprint density at radius 1 is 1.18 bits per heavy atom. The van der Waals surface area contributed by atoms with Crippen LogP contribution < -0.4 is 9.64 Å². The van der Waals surface area contributed by atoms with E-state index < -0.39 is 6.10 Å². The third kappa shape index (κ3) is 3.50. The quantitative estimate of drug-likeness (QED) is 0.505.